The Labute approximate surface area is 123 Å². The van der Waals surface area contributed by atoms with Crippen molar-refractivity contribution in [1.82, 2.24) is 0 Å². The Morgan fingerprint density at radius 3 is 2.76 bits per heavy atom. The SMILES string of the molecule is CC(Nc1cc(C(=O)O)c(N)cc1F)C1CC2CCC1C2. The minimum absolute atomic E-state index is 0.0434. The van der Waals surface area contributed by atoms with Crippen LogP contribution in [-0.2, 0) is 0 Å². The van der Waals surface area contributed by atoms with Gasteiger partial charge in [0.15, 0.2) is 0 Å². The average molecular weight is 292 g/mol. The van der Waals surface area contributed by atoms with Crippen LogP contribution < -0.4 is 11.1 Å². The zero-order chi connectivity index (χ0) is 15.1. The number of nitrogens with two attached hydrogens (primary N) is 1. The van der Waals surface area contributed by atoms with E-state index in [2.05, 4.69) is 12.2 Å². The smallest absolute Gasteiger partial charge is 0.337 e. The van der Waals surface area contributed by atoms with Gasteiger partial charge < -0.3 is 16.2 Å². The number of aromatic carboxylic acids is 1. The van der Waals surface area contributed by atoms with E-state index in [-0.39, 0.29) is 23.0 Å². The summed E-state index contributed by atoms with van der Waals surface area (Å²) >= 11 is 0. The summed E-state index contributed by atoms with van der Waals surface area (Å²) in [5, 5.41) is 12.2. The highest BCUT2D eigenvalue weighted by molar-refractivity contribution is 5.94. The molecule has 2 aliphatic rings. The molecule has 0 saturated heterocycles. The number of hydrogen-bond acceptors (Lipinski definition) is 3. The lowest BCUT2D eigenvalue weighted by molar-refractivity contribution is 0.0698. The molecule has 4 N–H and O–H groups in total. The summed E-state index contributed by atoms with van der Waals surface area (Å²) in [6.45, 7) is 2.06. The summed E-state index contributed by atoms with van der Waals surface area (Å²) in [7, 11) is 0. The average Bonchev–Trinajstić information content (AvgIpc) is 3.03. The van der Waals surface area contributed by atoms with Crippen LogP contribution >= 0.6 is 0 Å². The van der Waals surface area contributed by atoms with E-state index in [1.807, 2.05) is 0 Å². The molecule has 0 aromatic heterocycles. The first kappa shape index (κ1) is 14.2. The van der Waals surface area contributed by atoms with E-state index in [9.17, 15) is 9.18 Å². The van der Waals surface area contributed by atoms with Crippen LogP contribution in [0.25, 0.3) is 0 Å². The molecule has 5 heteroatoms. The Bertz CT molecular complexity index is 576. The van der Waals surface area contributed by atoms with Crippen LogP contribution in [0.4, 0.5) is 15.8 Å². The van der Waals surface area contributed by atoms with E-state index in [1.54, 1.807) is 0 Å². The highest BCUT2D eigenvalue weighted by Crippen LogP contribution is 2.49. The monoisotopic (exact) mass is 292 g/mol. The Morgan fingerprint density at radius 1 is 1.43 bits per heavy atom. The van der Waals surface area contributed by atoms with Crippen molar-refractivity contribution in [3.63, 3.8) is 0 Å². The molecule has 2 bridgehead atoms. The van der Waals surface area contributed by atoms with E-state index in [0.717, 1.165) is 17.9 Å². The Balaban J connectivity index is 1.78. The van der Waals surface area contributed by atoms with Crippen molar-refractivity contribution in [3.8, 4) is 0 Å². The van der Waals surface area contributed by atoms with Gasteiger partial charge in [-0.05, 0) is 56.1 Å². The Hall–Kier alpha value is -1.78. The van der Waals surface area contributed by atoms with Crippen molar-refractivity contribution < 1.29 is 14.3 Å². The number of nitrogen functional groups attached to an aromatic ring is 1. The third kappa shape index (κ3) is 2.57. The first-order valence-electron chi connectivity index (χ1n) is 7.54. The van der Waals surface area contributed by atoms with Crippen LogP contribution in [0.2, 0.25) is 0 Å². The van der Waals surface area contributed by atoms with Gasteiger partial charge in [0.2, 0.25) is 0 Å². The van der Waals surface area contributed by atoms with Crippen LogP contribution in [0.1, 0.15) is 43.0 Å². The van der Waals surface area contributed by atoms with E-state index >= 15 is 0 Å². The van der Waals surface area contributed by atoms with Crippen molar-refractivity contribution in [2.45, 2.75) is 38.6 Å². The number of benzene rings is 1. The van der Waals surface area contributed by atoms with Crippen LogP contribution in [0.3, 0.4) is 0 Å². The fourth-order valence-electron chi connectivity index (χ4n) is 4.14. The molecule has 21 heavy (non-hydrogen) atoms. The predicted molar refractivity (Wildman–Crippen MR) is 79.8 cm³/mol. The molecule has 2 fully saturated rings. The molecule has 2 saturated carbocycles. The zero-order valence-electron chi connectivity index (χ0n) is 12.1. The van der Waals surface area contributed by atoms with Gasteiger partial charge in [0.1, 0.15) is 5.82 Å². The quantitative estimate of drug-likeness (QED) is 0.744. The maximum absolute atomic E-state index is 14.0. The zero-order valence-corrected chi connectivity index (χ0v) is 12.1. The second kappa shape index (κ2) is 5.20. The van der Waals surface area contributed by atoms with Crippen molar-refractivity contribution in [1.29, 1.82) is 0 Å². The first-order valence-corrected chi connectivity index (χ1v) is 7.54. The topological polar surface area (TPSA) is 75.3 Å². The van der Waals surface area contributed by atoms with Crippen LogP contribution in [-0.4, -0.2) is 17.1 Å². The summed E-state index contributed by atoms with van der Waals surface area (Å²) in [6.07, 6.45) is 5.09. The lowest BCUT2D eigenvalue weighted by atomic mass is 9.84. The van der Waals surface area contributed by atoms with Crippen molar-refractivity contribution in [2.75, 3.05) is 11.1 Å². The summed E-state index contributed by atoms with van der Waals surface area (Å²) in [4.78, 5) is 11.1. The minimum Gasteiger partial charge on any atom is -0.478 e. The fourth-order valence-corrected chi connectivity index (χ4v) is 4.14. The molecular weight excluding hydrogens is 271 g/mol. The second-order valence-corrected chi connectivity index (χ2v) is 6.50. The van der Waals surface area contributed by atoms with Crippen molar-refractivity contribution in [3.05, 3.63) is 23.5 Å². The molecular formula is C16H21FN2O2. The lowest BCUT2D eigenvalue weighted by Gasteiger charge is -2.29. The minimum atomic E-state index is -1.14. The molecule has 3 rings (SSSR count). The number of rotatable bonds is 4. The maximum Gasteiger partial charge on any atom is 0.337 e. The normalized spacial score (nSPS) is 28.6. The van der Waals surface area contributed by atoms with Crippen LogP contribution in [0.5, 0.6) is 0 Å². The summed E-state index contributed by atoms with van der Waals surface area (Å²) in [6, 6.07) is 2.52. The third-order valence-electron chi connectivity index (χ3n) is 5.19. The van der Waals surface area contributed by atoms with E-state index in [4.69, 9.17) is 10.8 Å². The van der Waals surface area contributed by atoms with Gasteiger partial charge in [-0.15, -0.1) is 0 Å². The molecule has 114 valence electrons. The summed E-state index contributed by atoms with van der Waals surface area (Å²) < 4.78 is 14.0. The molecule has 1 aromatic rings. The maximum atomic E-state index is 14.0. The van der Waals surface area contributed by atoms with Crippen LogP contribution in [0, 0.1) is 23.6 Å². The number of carboxylic acids is 1. The molecule has 0 heterocycles. The highest BCUT2D eigenvalue weighted by atomic mass is 19.1. The number of fused-ring (bicyclic) bond motifs is 2. The standard InChI is InChI=1S/C16H21FN2O2/c1-8(11-5-9-2-3-10(11)4-9)19-15-6-12(16(20)21)14(18)7-13(15)17/h6-11,19H,2-5,18H2,1H3,(H,20,21). The van der Waals surface area contributed by atoms with Gasteiger partial charge in [0.05, 0.1) is 11.3 Å². The Kier molecular flexibility index (Phi) is 3.51. The summed E-state index contributed by atoms with van der Waals surface area (Å²) in [5.41, 5.74) is 5.68. The number of carbonyl (C=O) groups is 1. The first-order chi connectivity index (χ1) is 9.95. The van der Waals surface area contributed by atoms with Gasteiger partial charge in [-0.25, -0.2) is 9.18 Å². The van der Waals surface area contributed by atoms with E-state index in [1.165, 1.54) is 31.7 Å². The number of hydrogen-bond donors (Lipinski definition) is 3. The molecule has 4 nitrogen and oxygen atoms in total. The summed E-state index contributed by atoms with van der Waals surface area (Å²) in [5.74, 6) is 0.480. The molecule has 2 aliphatic carbocycles. The van der Waals surface area contributed by atoms with Crippen LogP contribution in [0.15, 0.2) is 12.1 Å². The number of carboxylic acid groups (broad SMARTS) is 1. The largest absolute Gasteiger partial charge is 0.478 e. The molecule has 0 spiro atoms. The molecule has 0 aliphatic heterocycles. The van der Waals surface area contributed by atoms with Gasteiger partial charge in [-0.3, -0.25) is 0 Å². The number of halogens is 1. The molecule has 1 aromatic carbocycles. The van der Waals surface area contributed by atoms with Gasteiger partial charge >= 0.3 is 5.97 Å². The molecule has 4 atom stereocenters. The highest BCUT2D eigenvalue weighted by Gasteiger charge is 2.41. The predicted octanol–water partition coefficient (Wildman–Crippen LogP) is 3.34. The lowest BCUT2D eigenvalue weighted by Crippen LogP contribution is -2.30. The van der Waals surface area contributed by atoms with Gasteiger partial charge in [0, 0.05) is 11.7 Å². The fraction of sp³-hybridized carbons (Fsp3) is 0.562. The van der Waals surface area contributed by atoms with E-state index < -0.39 is 11.8 Å². The number of nitrogens with one attached hydrogen (secondary N) is 1. The number of anilines is 2. The second-order valence-electron chi connectivity index (χ2n) is 6.50. The Morgan fingerprint density at radius 2 is 2.19 bits per heavy atom. The van der Waals surface area contributed by atoms with Crippen molar-refractivity contribution >= 4 is 17.3 Å². The van der Waals surface area contributed by atoms with E-state index in [0.29, 0.717) is 5.92 Å². The molecule has 0 radical (unpaired) electrons. The van der Waals surface area contributed by atoms with Gasteiger partial charge in [0.25, 0.3) is 0 Å². The molecule has 4 unspecified atom stereocenters. The van der Waals surface area contributed by atoms with Crippen molar-refractivity contribution in [2.24, 2.45) is 17.8 Å². The molecule has 0 amide bonds. The van der Waals surface area contributed by atoms with Gasteiger partial charge in [-0.1, -0.05) is 6.42 Å². The third-order valence-corrected chi connectivity index (χ3v) is 5.19. The van der Waals surface area contributed by atoms with Gasteiger partial charge in [-0.2, -0.15) is 0 Å².